The first-order chi connectivity index (χ1) is 20.1. The highest BCUT2D eigenvalue weighted by atomic mass is 16.5. The minimum absolute atomic E-state index is 0.283. The minimum atomic E-state index is 0.283. The van der Waals surface area contributed by atoms with Gasteiger partial charge in [0, 0.05) is 25.3 Å². The largest absolute Gasteiger partial charge is 0.457 e. The number of likely N-dealkylation sites (tertiary alicyclic amines) is 1. The molecule has 1 aliphatic rings. The first kappa shape index (κ1) is 30.5. The zero-order valence-electron chi connectivity index (χ0n) is 24.5. The summed E-state index contributed by atoms with van der Waals surface area (Å²) in [7, 11) is 0. The minimum Gasteiger partial charge on any atom is -0.457 e. The van der Waals surface area contributed by atoms with Crippen LogP contribution in [0.4, 0.5) is 5.82 Å². The molecule has 0 saturated carbocycles. The molecule has 1 aromatic carbocycles. The molecule has 3 heterocycles. The Bertz CT molecular complexity index is 1290. The van der Waals surface area contributed by atoms with Gasteiger partial charge in [0.2, 0.25) is 0 Å². The van der Waals surface area contributed by atoms with Crippen LogP contribution in [0.1, 0.15) is 77.2 Å². The third kappa shape index (κ3) is 8.50. The van der Waals surface area contributed by atoms with E-state index < -0.39 is 0 Å². The number of ether oxygens (including phenoxy) is 1. The van der Waals surface area contributed by atoms with E-state index in [1.165, 1.54) is 51.4 Å². The Morgan fingerprint density at radius 3 is 2.37 bits per heavy atom. The maximum absolute atomic E-state index is 8.88. The van der Waals surface area contributed by atoms with Crippen molar-refractivity contribution >= 4 is 16.9 Å². The summed E-state index contributed by atoms with van der Waals surface area (Å²) < 4.78 is 8.03. The van der Waals surface area contributed by atoms with E-state index >= 15 is 0 Å². The van der Waals surface area contributed by atoms with Crippen LogP contribution in [0.2, 0.25) is 0 Å². The fourth-order valence-corrected chi connectivity index (χ4v) is 5.50. The van der Waals surface area contributed by atoms with Gasteiger partial charge in [-0.25, -0.2) is 14.6 Å². The number of nitrogens with two attached hydrogens (primary N) is 1. The van der Waals surface area contributed by atoms with E-state index in [0.717, 1.165) is 66.8 Å². The van der Waals surface area contributed by atoms with Crippen molar-refractivity contribution in [2.75, 3.05) is 32.0 Å². The van der Waals surface area contributed by atoms with Gasteiger partial charge in [0.05, 0.1) is 11.4 Å². The number of hydrogen-bond donors (Lipinski definition) is 2. The topological polar surface area (TPSA) is 102 Å². The lowest BCUT2D eigenvalue weighted by Gasteiger charge is -2.32. The average molecular weight is 559 g/mol. The monoisotopic (exact) mass is 558 g/mol. The van der Waals surface area contributed by atoms with Crippen molar-refractivity contribution in [3.05, 3.63) is 67.2 Å². The molecule has 0 unspecified atom stereocenters. The van der Waals surface area contributed by atoms with E-state index in [9.17, 15) is 0 Å². The van der Waals surface area contributed by atoms with Gasteiger partial charge in [-0.05, 0) is 75.6 Å². The molecule has 4 rings (SSSR count). The Morgan fingerprint density at radius 1 is 1.02 bits per heavy atom. The molecule has 0 atom stereocenters. The molecule has 0 radical (unpaired) electrons. The van der Waals surface area contributed by atoms with Gasteiger partial charge in [0.25, 0.3) is 0 Å². The molecular weight excluding hydrogens is 512 g/mol. The zero-order chi connectivity index (χ0) is 28.9. The Morgan fingerprint density at radius 2 is 1.71 bits per heavy atom. The predicted molar refractivity (Wildman–Crippen MR) is 168 cm³/mol. The SMILES string of the molecule is C=C/C(=C\C=C/C)Oc1ccc(-c2nn(C3CCN(CCCCCCCCCCO)CC3)c3ncnc(N)c23)cc1. The summed E-state index contributed by atoms with van der Waals surface area (Å²) in [5, 5.41) is 14.7. The first-order valence-electron chi connectivity index (χ1n) is 15.2. The number of fused-ring (bicyclic) bond motifs is 1. The summed E-state index contributed by atoms with van der Waals surface area (Å²) in [4.78, 5) is 11.5. The Hall–Kier alpha value is -3.49. The number of aliphatic hydroxyl groups is 1. The van der Waals surface area contributed by atoms with E-state index in [4.69, 9.17) is 20.7 Å². The molecule has 1 aliphatic heterocycles. The van der Waals surface area contributed by atoms with Crippen LogP contribution in [0.25, 0.3) is 22.3 Å². The lowest BCUT2D eigenvalue weighted by atomic mass is 10.0. The summed E-state index contributed by atoms with van der Waals surface area (Å²) in [6, 6.07) is 8.15. The van der Waals surface area contributed by atoms with Gasteiger partial charge < -0.3 is 20.5 Å². The number of hydrogen-bond acceptors (Lipinski definition) is 7. The number of anilines is 1. The van der Waals surface area contributed by atoms with Crippen molar-refractivity contribution < 1.29 is 9.84 Å². The molecule has 8 heteroatoms. The summed E-state index contributed by atoms with van der Waals surface area (Å²) in [5.41, 5.74) is 8.92. The van der Waals surface area contributed by atoms with E-state index in [1.807, 2.05) is 49.4 Å². The normalized spacial score (nSPS) is 15.2. The molecular formula is C33H46N6O2. The molecule has 0 amide bonds. The highest BCUT2D eigenvalue weighted by Crippen LogP contribution is 2.35. The molecule has 0 spiro atoms. The standard InChI is InChI=1S/C33H46N6O2/c1-3-5-14-28(4-2)41-29-17-15-26(16-18-29)31-30-32(34)35-25-36-33(30)39(37-31)27-19-22-38(23-20-27)21-12-10-8-6-7-9-11-13-24-40/h3-5,14-18,25,27,40H,2,6-13,19-24H2,1H3,(H2,34,35,36)/b5-3-,28-14+. The third-order valence-electron chi connectivity index (χ3n) is 7.82. The number of piperidine rings is 1. The zero-order valence-corrected chi connectivity index (χ0v) is 24.5. The second kappa shape index (κ2) is 16.1. The number of allylic oxidation sites excluding steroid dienone is 4. The van der Waals surface area contributed by atoms with E-state index in [2.05, 4.69) is 26.1 Å². The maximum atomic E-state index is 8.88. The smallest absolute Gasteiger partial charge is 0.164 e. The van der Waals surface area contributed by atoms with Gasteiger partial charge in [0.15, 0.2) is 5.65 Å². The summed E-state index contributed by atoms with van der Waals surface area (Å²) in [5.74, 6) is 1.85. The summed E-state index contributed by atoms with van der Waals surface area (Å²) in [6.07, 6.45) is 20.9. The molecule has 0 bridgehead atoms. The van der Waals surface area contributed by atoms with Crippen LogP contribution in [-0.4, -0.2) is 56.0 Å². The molecule has 41 heavy (non-hydrogen) atoms. The molecule has 3 N–H and O–H groups in total. The lowest BCUT2D eigenvalue weighted by Crippen LogP contribution is -2.35. The number of aromatic nitrogens is 4. The predicted octanol–water partition coefficient (Wildman–Crippen LogP) is 6.85. The second-order valence-electron chi connectivity index (χ2n) is 10.8. The Kier molecular flexibility index (Phi) is 11.9. The first-order valence-corrected chi connectivity index (χ1v) is 15.2. The maximum Gasteiger partial charge on any atom is 0.164 e. The number of aliphatic hydroxyl groups excluding tert-OH is 1. The molecule has 1 fully saturated rings. The lowest BCUT2D eigenvalue weighted by molar-refractivity contribution is 0.179. The van der Waals surface area contributed by atoms with Crippen LogP contribution < -0.4 is 10.5 Å². The van der Waals surface area contributed by atoms with Crippen molar-refractivity contribution in [3.63, 3.8) is 0 Å². The van der Waals surface area contributed by atoms with Crippen molar-refractivity contribution in [2.24, 2.45) is 0 Å². The van der Waals surface area contributed by atoms with Gasteiger partial charge in [-0.15, -0.1) is 0 Å². The number of unbranched alkanes of at least 4 members (excludes halogenated alkanes) is 7. The molecule has 0 aliphatic carbocycles. The quantitative estimate of drug-likeness (QED) is 0.113. The van der Waals surface area contributed by atoms with Gasteiger partial charge in [-0.1, -0.05) is 57.3 Å². The van der Waals surface area contributed by atoms with E-state index in [0.29, 0.717) is 18.2 Å². The molecule has 3 aromatic rings. The van der Waals surface area contributed by atoms with Gasteiger partial charge in [-0.2, -0.15) is 5.10 Å². The number of rotatable bonds is 16. The fourth-order valence-electron chi connectivity index (χ4n) is 5.50. The van der Waals surface area contributed by atoms with Crippen molar-refractivity contribution in [1.29, 1.82) is 0 Å². The molecule has 220 valence electrons. The van der Waals surface area contributed by atoms with Crippen LogP contribution >= 0.6 is 0 Å². The molecule has 2 aromatic heterocycles. The van der Waals surface area contributed by atoms with Crippen LogP contribution in [-0.2, 0) is 0 Å². The summed E-state index contributed by atoms with van der Waals surface area (Å²) >= 11 is 0. The van der Waals surface area contributed by atoms with Crippen LogP contribution in [0.3, 0.4) is 0 Å². The Balaban J connectivity index is 1.36. The van der Waals surface area contributed by atoms with Crippen molar-refractivity contribution in [3.8, 4) is 17.0 Å². The number of nitrogen functional groups attached to an aromatic ring is 1. The van der Waals surface area contributed by atoms with E-state index in [1.54, 1.807) is 6.08 Å². The van der Waals surface area contributed by atoms with E-state index in [-0.39, 0.29) is 6.04 Å². The molecule has 8 nitrogen and oxygen atoms in total. The van der Waals surface area contributed by atoms with Crippen molar-refractivity contribution in [2.45, 2.75) is 77.2 Å². The number of benzene rings is 1. The Labute approximate surface area is 244 Å². The average Bonchev–Trinajstić information content (AvgIpc) is 3.40. The molecule has 1 saturated heterocycles. The van der Waals surface area contributed by atoms with Crippen LogP contribution in [0.5, 0.6) is 5.75 Å². The van der Waals surface area contributed by atoms with Gasteiger partial charge in [-0.3, -0.25) is 0 Å². The fraction of sp³-hybridized carbons (Fsp3) is 0.485. The third-order valence-corrected chi connectivity index (χ3v) is 7.82. The van der Waals surface area contributed by atoms with Crippen LogP contribution in [0.15, 0.2) is 67.2 Å². The van der Waals surface area contributed by atoms with Gasteiger partial charge in [0.1, 0.15) is 29.3 Å². The highest BCUT2D eigenvalue weighted by Gasteiger charge is 2.26. The highest BCUT2D eigenvalue weighted by molar-refractivity contribution is 5.98. The van der Waals surface area contributed by atoms with Crippen molar-refractivity contribution in [1.82, 2.24) is 24.6 Å². The van der Waals surface area contributed by atoms with Crippen LogP contribution in [0, 0.1) is 0 Å². The summed E-state index contributed by atoms with van der Waals surface area (Å²) in [6.45, 7) is 9.43. The van der Waals surface area contributed by atoms with Gasteiger partial charge >= 0.3 is 0 Å². The number of nitrogens with zero attached hydrogens (tertiary/aromatic N) is 5. The second-order valence-corrected chi connectivity index (χ2v) is 10.8.